The van der Waals surface area contributed by atoms with Gasteiger partial charge in [-0.3, -0.25) is 4.90 Å². The zero-order valence-corrected chi connectivity index (χ0v) is 14.4. The zero-order valence-electron chi connectivity index (χ0n) is 14.4. The highest BCUT2D eigenvalue weighted by atomic mass is 19.1. The van der Waals surface area contributed by atoms with Gasteiger partial charge in [-0.2, -0.15) is 0 Å². The van der Waals surface area contributed by atoms with E-state index in [9.17, 15) is 9.50 Å². The fourth-order valence-corrected chi connectivity index (χ4v) is 3.34. The van der Waals surface area contributed by atoms with Crippen LogP contribution in [-0.4, -0.2) is 42.9 Å². The van der Waals surface area contributed by atoms with Crippen molar-refractivity contribution in [1.29, 1.82) is 0 Å². The predicted molar refractivity (Wildman–Crippen MR) is 94.4 cm³/mol. The van der Waals surface area contributed by atoms with E-state index in [1.54, 1.807) is 25.3 Å². The van der Waals surface area contributed by atoms with Gasteiger partial charge in [-0.25, -0.2) is 4.39 Å². The summed E-state index contributed by atoms with van der Waals surface area (Å²) in [5, 5.41) is 10.3. The Bertz CT molecular complexity index is 694. The molecule has 0 spiro atoms. The molecule has 1 aliphatic heterocycles. The van der Waals surface area contributed by atoms with Crippen LogP contribution < -0.4 is 9.47 Å². The van der Waals surface area contributed by atoms with E-state index in [2.05, 4.69) is 11.0 Å². The second-order valence-corrected chi connectivity index (χ2v) is 6.32. The SMILES string of the molecule is COc1cccc(C2CCCN2CC(O)COc2ccccc2F)c1. The molecule has 0 aromatic heterocycles. The minimum absolute atomic E-state index is 0.0717. The highest BCUT2D eigenvalue weighted by Crippen LogP contribution is 2.33. The smallest absolute Gasteiger partial charge is 0.165 e. The van der Waals surface area contributed by atoms with Gasteiger partial charge in [0.1, 0.15) is 18.5 Å². The first-order valence-corrected chi connectivity index (χ1v) is 8.61. The average molecular weight is 345 g/mol. The zero-order chi connectivity index (χ0) is 17.6. The van der Waals surface area contributed by atoms with Gasteiger partial charge in [-0.15, -0.1) is 0 Å². The molecule has 3 rings (SSSR count). The van der Waals surface area contributed by atoms with E-state index in [4.69, 9.17) is 9.47 Å². The number of para-hydroxylation sites is 1. The number of benzene rings is 2. The van der Waals surface area contributed by atoms with Crippen molar-refractivity contribution >= 4 is 0 Å². The summed E-state index contributed by atoms with van der Waals surface area (Å²) < 4.78 is 24.3. The van der Waals surface area contributed by atoms with Gasteiger partial charge in [-0.1, -0.05) is 24.3 Å². The van der Waals surface area contributed by atoms with E-state index in [-0.39, 0.29) is 18.4 Å². The Morgan fingerprint density at radius 1 is 1.24 bits per heavy atom. The quantitative estimate of drug-likeness (QED) is 0.835. The van der Waals surface area contributed by atoms with Crippen molar-refractivity contribution in [3.63, 3.8) is 0 Å². The third-order valence-corrected chi connectivity index (χ3v) is 4.56. The molecular formula is C20H24FNO3. The molecule has 1 N–H and O–H groups in total. The van der Waals surface area contributed by atoms with Crippen LogP contribution in [0, 0.1) is 5.82 Å². The lowest BCUT2D eigenvalue weighted by atomic mass is 10.0. The van der Waals surface area contributed by atoms with Crippen LogP contribution >= 0.6 is 0 Å². The second kappa shape index (κ2) is 8.32. The molecule has 0 amide bonds. The maximum absolute atomic E-state index is 13.6. The predicted octanol–water partition coefficient (Wildman–Crippen LogP) is 3.41. The van der Waals surface area contributed by atoms with E-state index in [0.717, 1.165) is 25.1 Å². The fourth-order valence-electron chi connectivity index (χ4n) is 3.34. The van der Waals surface area contributed by atoms with Crippen molar-refractivity contribution in [2.75, 3.05) is 26.8 Å². The molecule has 0 saturated carbocycles. The molecule has 2 atom stereocenters. The number of aliphatic hydroxyl groups excluding tert-OH is 1. The highest BCUT2D eigenvalue weighted by Gasteiger charge is 2.28. The number of β-amino-alcohol motifs (C(OH)–C–C–N with tert-alkyl or cyclic N) is 1. The van der Waals surface area contributed by atoms with E-state index < -0.39 is 11.9 Å². The number of ether oxygens (including phenoxy) is 2. The summed E-state index contributed by atoms with van der Waals surface area (Å²) in [6.07, 6.45) is 1.46. The Labute approximate surface area is 147 Å². The minimum atomic E-state index is -0.675. The maximum Gasteiger partial charge on any atom is 0.165 e. The molecule has 2 aromatic rings. The number of nitrogens with zero attached hydrogens (tertiary/aromatic N) is 1. The van der Waals surface area contributed by atoms with E-state index in [0.29, 0.717) is 6.54 Å². The average Bonchev–Trinajstić information content (AvgIpc) is 3.09. The lowest BCUT2D eigenvalue weighted by Crippen LogP contribution is -2.35. The van der Waals surface area contributed by atoms with Crippen molar-refractivity contribution in [1.82, 2.24) is 4.90 Å². The van der Waals surface area contributed by atoms with Crippen molar-refractivity contribution in [3.8, 4) is 11.5 Å². The van der Waals surface area contributed by atoms with E-state index in [1.807, 2.05) is 18.2 Å². The summed E-state index contributed by atoms with van der Waals surface area (Å²) in [5.41, 5.74) is 1.19. The van der Waals surface area contributed by atoms with Gasteiger partial charge < -0.3 is 14.6 Å². The van der Waals surface area contributed by atoms with E-state index >= 15 is 0 Å². The normalized spacial score (nSPS) is 18.9. The van der Waals surface area contributed by atoms with Crippen molar-refractivity contribution < 1.29 is 19.0 Å². The Balaban J connectivity index is 1.58. The van der Waals surface area contributed by atoms with Gasteiger partial charge in [0.05, 0.1) is 7.11 Å². The van der Waals surface area contributed by atoms with Crippen LogP contribution in [0.2, 0.25) is 0 Å². The highest BCUT2D eigenvalue weighted by molar-refractivity contribution is 5.31. The van der Waals surface area contributed by atoms with Gasteiger partial charge >= 0.3 is 0 Å². The van der Waals surface area contributed by atoms with Gasteiger partial charge in [0.2, 0.25) is 0 Å². The van der Waals surface area contributed by atoms with Crippen LogP contribution in [0.3, 0.4) is 0 Å². The molecule has 1 fully saturated rings. The molecule has 1 heterocycles. The minimum Gasteiger partial charge on any atom is -0.497 e. The first kappa shape index (κ1) is 17.7. The van der Waals surface area contributed by atoms with Gasteiger partial charge in [0, 0.05) is 12.6 Å². The number of hydrogen-bond acceptors (Lipinski definition) is 4. The van der Waals surface area contributed by atoms with Crippen LogP contribution in [0.1, 0.15) is 24.4 Å². The van der Waals surface area contributed by atoms with Crippen molar-refractivity contribution in [2.24, 2.45) is 0 Å². The largest absolute Gasteiger partial charge is 0.497 e. The summed E-state index contributed by atoms with van der Waals surface area (Å²) in [5.74, 6) is 0.602. The van der Waals surface area contributed by atoms with Crippen molar-refractivity contribution in [2.45, 2.75) is 25.0 Å². The molecule has 1 aliphatic rings. The number of aliphatic hydroxyl groups is 1. The van der Waals surface area contributed by atoms with Crippen LogP contribution in [0.25, 0.3) is 0 Å². The number of halogens is 1. The number of hydrogen-bond donors (Lipinski definition) is 1. The number of likely N-dealkylation sites (tertiary alicyclic amines) is 1. The summed E-state index contributed by atoms with van der Waals surface area (Å²) in [6, 6.07) is 14.6. The third kappa shape index (κ3) is 4.50. The van der Waals surface area contributed by atoms with Gasteiger partial charge in [0.15, 0.2) is 11.6 Å². The van der Waals surface area contributed by atoms with Crippen molar-refractivity contribution in [3.05, 3.63) is 59.9 Å². The van der Waals surface area contributed by atoms with Crippen LogP contribution in [-0.2, 0) is 0 Å². The fraction of sp³-hybridized carbons (Fsp3) is 0.400. The molecule has 0 aliphatic carbocycles. The number of methoxy groups -OCH3 is 1. The summed E-state index contributed by atoms with van der Waals surface area (Å²) in [6.45, 7) is 1.50. The monoisotopic (exact) mass is 345 g/mol. The lowest BCUT2D eigenvalue weighted by Gasteiger charge is -2.27. The van der Waals surface area contributed by atoms with Gasteiger partial charge in [-0.05, 0) is 49.2 Å². The summed E-state index contributed by atoms with van der Waals surface area (Å²) >= 11 is 0. The summed E-state index contributed by atoms with van der Waals surface area (Å²) in [7, 11) is 1.66. The molecule has 1 saturated heterocycles. The molecule has 25 heavy (non-hydrogen) atoms. The molecule has 0 radical (unpaired) electrons. The number of rotatable bonds is 7. The molecule has 0 bridgehead atoms. The molecule has 2 aromatic carbocycles. The Hall–Kier alpha value is -2.11. The Morgan fingerprint density at radius 2 is 2.08 bits per heavy atom. The Kier molecular flexibility index (Phi) is 5.89. The summed E-state index contributed by atoms with van der Waals surface area (Å²) in [4.78, 5) is 2.25. The maximum atomic E-state index is 13.6. The molecule has 4 nitrogen and oxygen atoms in total. The van der Waals surface area contributed by atoms with Crippen LogP contribution in [0.5, 0.6) is 11.5 Å². The topological polar surface area (TPSA) is 41.9 Å². The third-order valence-electron chi connectivity index (χ3n) is 4.56. The lowest BCUT2D eigenvalue weighted by molar-refractivity contribution is 0.0625. The second-order valence-electron chi connectivity index (χ2n) is 6.32. The standard InChI is InChI=1S/C20H24FNO3/c1-24-17-7-4-6-15(12-17)19-9-5-11-22(19)13-16(23)14-25-20-10-3-2-8-18(20)21/h2-4,6-8,10,12,16,19,23H,5,9,11,13-14H2,1H3. The molecule has 5 heteroatoms. The first-order valence-electron chi connectivity index (χ1n) is 8.61. The molecule has 134 valence electrons. The van der Waals surface area contributed by atoms with E-state index in [1.165, 1.54) is 11.6 Å². The van der Waals surface area contributed by atoms with Crippen LogP contribution in [0.4, 0.5) is 4.39 Å². The Morgan fingerprint density at radius 3 is 2.88 bits per heavy atom. The molecular weight excluding hydrogens is 321 g/mol. The van der Waals surface area contributed by atoms with Crippen LogP contribution in [0.15, 0.2) is 48.5 Å². The molecule has 2 unspecified atom stereocenters. The van der Waals surface area contributed by atoms with Gasteiger partial charge in [0.25, 0.3) is 0 Å². The first-order chi connectivity index (χ1) is 12.2.